The summed E-state index contributed by atoms with van der Waals surface area (Å²) in [6.07, 6.45) is 5.67. The molecule has 4 N–H and O–H groups in total. The molecule has 1 saturated carbocycles. The maximum Gasteiger partial charge on any atom is 0.236 e. The lowest BCUT2D eigenvalue weighted by atomic mass is 9.68. The van der Waals surface area contributed by atoms with Crippen molar-refractivity contribution < 1.29 is 17.9 Å². The van der Waals surface area contributed by atoms with Crippen molar-refractivity contribution in [3.05, 3.63) is 53.6 Å². The molecule has 2 aromatic rings. The molecule has 0 saturated heterocycles. The molecule has 200 valence electrons. The SMILES string of the molecule is CC(C)(C)C1CCC(c2cccc(N(c3cc(CC(N)=O)ccc3OCCN)S(C)(=O)=O)c2)CC1.Cl. The zero-order valence-electron chi connectivity index (χ0n) is 21.7. The summed E-state index contributed by atoms with van der Waals surface area (Å²) in [5.74, 6) is 0.976. The Morgan fingerprint density at radius 2 is 1.75 bits per heavy atom. The van der Waals surface area contributed by atoms with Crippen molar-refractivity contribution in [3.8, 4) is 5.75 Å². The van der Waals surface area contributed by atoms with Crippen molar-refractivity contribution in [3.63, 3.8) is 0 Å². The van der Waals surface area contributed by atoms with Gasteiger partial charge in [0.15, 0.2) is 0 Å². The van der Waals surface area contributed by atoms with Gasteiger partial charge < -0.3 is 16.2 Å². The van der Waals surface area contributed by atoms with E-state index < -0.39 is 15.9 Å². The van der Waals surface area contributed by atoms with Gasteiger partial charge in [-0.3, -0.25) is 4.79 Å². The number of nitrogens with two attached hydrogens (primary N) is 2. The minimum absolute atomic E-state index is 0. The van der Waals surface area contributed by atoms with Crippen LogP contribution in [0.5, 0.6) is 5.75 Å². The largest absolute Gasteiger partial charge is 0.490 e. The summed E-state index contributed by atoms with van der Waals surface area (Å²) in [7, 11) is -3.73. The van der Waals surface area contributed by atoms with E-state index in [1.807, 2.05) is 12.1 Å². The molecule has 3 rings (SSSR count). The monoisotopic (exact) mass is 537 g/mol. The van der Waals surface area contributed by atoms with Crippen LogP contribution in [-0.2, 0) is 21.2 Å². The Hall–Kier alpha value is -2.29. The topological polar surface area (TPSA) is 116 Å². The van der Waals surface area contributed by atoms with E-state index in [-0.39, 0.29) is 32.0 Å². The summed E-state index contributed by atoms with van der Waals surface area (Å²) >= 11 is 0. The zero-order valence-corrected chi connectivity index (χ0v) is 23.3. The van der Waals surface area contributed by atoms with Crippen LogP contribution >= 0.6 is 12.4 Å². The van der Waals surface area contributed by atoms with Gasteiger partial charge in [-0.2, -0.15) is 0 Å². The van der Waals surface area contributed by atoms with Gasteiger partial charge in [0, 0.05) is 6.54 Å². The van der Waals surface area contributed by atoms with Crippen molar-refractivity contribution in [2.24, 2.45) is 22.8 Å². The third kappa shape index (κ3) is 7.60. The van der Waals surface area contributed by atoms with E-state index in [1.165, 1.54) is 23.4 Å². The van der Waals surface area contributed by atoms with Gasteiger partial charge in [0.05, 0.1) is 24.1 Å². The summed E-state index contributed by atoms with van der Waals surface area (Å²) in [4.78, 5) is 11.5. The minimum Gasteiger partial charge on any atom is -0.490 e. The second kappa shape index (κ2) is 12.3. The lowest BCUT2D eigenvalue weighted by Gasteiger charge is -2.37. The van der Waals surface area contributed by atoms with Gasteiger partial charge in [-0.25, -0.2) is 12.7 Å². The number of carbonyl (C=O) groups excluding carboxylic acids is 1. The predicted molar refractivity (Wildman–Crippen MR) is 149 cm³/mol. The van der Waals surface area contributed by atoms with E-state index in [1.54, 1.807) is 24.3 Å². The van der Waals surface area contributed by atoms with Crippen LogP contribution in [0.3, 0.4) is 0 Å². The Kier molecular flexibility index (Phi) is 10.2. The van der Waals surface area contributed by atoms with Crippen molar-refractivity contribution in [1.82, 2.24) is 0 Å². The second-order valence-corrected chi connectivity index (χ2v) is 12.5. The molecule has 1 aliphatic carbocycles. The number of benzene rings is 2. The molecule has 1 fully saturated rings. The van der Waals surface area contributed by atoms with Gasteiger partial charge in [-0.1, -0.05) is 39.0 Å². The van der Waals surface area contributed by atoms with Crippen LogP contribution in [0.15, 0.2) is 42.5 Å². The van der Waals surface area contributed by atoms with Crippen molar-refractivity contribution in [2.75, 3.05) is 23.7 Å². The molecule has 0 aromatic heterocycles. The first kappa shape index (κ1) is 29.9. The number of carbonyl (C=O) groups is 1. The molecule has 0 radical (unpaired) electrons. The molecule has 9 heteroatoms. The van der Waals surface area contributed by atoms with Crippen LogP contribution in [0.1, 0.15) is 63.5 Å². The number of hydrogen-bond acceptors (Lipinski definition) is 5. The first-order valence-electron chi connectivity index (χ1n) is 12.2. The molecule has 0 unspecified atom stereocenters. The van der Waals surface area contributed by atoms with Crippen LogP contribution in [0.25, 0.3) is 0 Å². The third-order valence-corrected chi connectivity index (χ3v) is 7.93. The third-order valence-electron chi connectivity index (χ3n) is 6.86. The first-order chi connectivity index (χ1) is 16.4. The highest BCUT2D eigenvalue weighted by atomic mass is 35.5. The molecule has 0 aliphatic heterocycles. The van der Waals surface area contributed by atoms with Gasteiger partial charge in [0.2, 0.25) is 15.9 Å². The van der Waals surface area contributed by atoms with Gasteiger partial charge >= 0.3 is 0 Å². The number of amides is 1. The molecule has 2 aromatic carbocycles. The quantitative estimate of drug-likeness (QED) is 0.472. The molecular formula is C27H40ClN3O4S. The van der Waals surface area contributed by atoms with E-state index in [0.717, 1.165) is 18.4 Å². The Morgan fingerprint density at radius 1 is 1.08 bits per heavy atom. The number of rotatable bonds is 9. The van der Waals surface area contributed by atoms with Crippen LogP contribution in [0, 0.1) is 11.3 Å². The summed E-state index contributed by atoms with van der Waals surface area (Å²) < 4.78 is 33.2. The van der Waals surface area contributed by atoms with E-state index in [2.05, 4.69) is 26.8 Å². The van der Waals surface area contributed by atoms with E-state index in [9.17, 15) is 13.2 Å². The van der Waals surface area contributed by atoms with Gasteiger partial charge in [-0.05, 0) is 78.3 Å². The number of hydrogen-bond donors (Lipinski definition) is 2. The van der Waals surface area contributed by atoms with Crippen molar-refractivity contribution >= 4 is 39.7 Å². The van der Waals surface area contributed by atoms with Crippen molar-refractivity contribution in [2.45, 2.75) is 58.8 Å². The van der Waals surface area contributed by atoms with E-state index in [0.29, 0.717) is 39.9 Å². The highest BCUT2D eigenvalue weighted by Gasteiger charge is 2.31. The molecule has 1 aliphatic rings. The van der Waals surface area contributed by atoms with E-state index in [4.69, 9.17) is 16.2 Å². The molecule has 1 amide bonds. The first-order valence-corrected chi connectivity index (χ1v) is 14.1. The molecule has 7 nitrogen and oxygen atoms in total. The number of nitrogens with zero attached hydrogens (tertiary/aromatic N) is 1. The van der Waals surface area contributed by atoms with Gasteiger partial charge in [0.1, 0.15) is 12.4 Å². The predicted octanol–water partition coefficient (Wildman–Crippen LogP) is 4.89. The van der Waals surface area contributed by atoms with Crippen LogP contribution in [0.2, 0.25) is 0 Å². The standard InChI is InChI=1S/C27H39N3O4S.ClH/c1-27(2,3)22-11-9-20(10-12-22)21-6-5-7-23(18-21)30(35(4,32)33)24-16-19(17-26(29)31)8-13-25(24)34-15-14-28;/h5-8,13,16,18,20,22H,9-12,14-15,17,28H2,1-4H3,(H2,29,31);1H. The summed E-state index contributed by atoms with van der Waals surface area (Å²) in [5, 5.41) is 0. The summed E-state index contributed by atoms with van der Waals surface area (Å²) in [6, 6.07) is 12.8. The van der Waals surface area contributed by atoms with Crippen molar-refractivity contribution in [1.29, 1.82) is 0 Å². The average molecular weight is 538 g/mol. The van der Waals surface area contributed by atoms with Crippen LogP contribution in [0.4, 0.5) is 11.4 Å². The number of primary amides is 1. The molecule has 0 spiro atoms. The van der Waals surface area contributed by atoms with Crippen LogP contribution < -0.4 is 20.5 Å². The maximum atomic E-state index is 13.1. The lowest BCUT2D eigenvalue weighted by molar-refractivity contribution is -0.117. The Bertz CT molecular complexity index is 1140. The number of ether oxygens (including phenoxy) is 1. The molecule has 36 heavy (non-hydrogen) atoms. The summed E-state index contributed by atoms with van der Waals surface area (Å²) in [6.45, 7) is 7.43. The Labute approximate surface area is 222 Å². The lowest BCUT2D eigenvalue weighted by Crippen LogP contribution is -2.27. The highest BCUT2D eigenvalue weighted by molar-refractivity contribution is 7.92. The molecular weight excluding hydrogens is 498 g/mol. The highest BCUT2D eigenvalue weighted by Crippen LogP contribution is 2.44. The van der Waals surface area contributed by atoms with E-state index >= 15 is 0 Å². The minimum atomic E-state index is -3.73. The summed E-state index contributed by atoms with van der Waals surface area (Å²) in [5.41, 5.74) is 13.9. The van der Waals surface area contributed by atoms with Gasteiger partial charge in [-0.15, -0.1) is 12.4 Å². The van der Waals surface area contributed by atoms with Gasteiger partial charge in [0.25, 0.3) is 0 Å². The fraction of sp³-hybridized carbons (Fsp3) is 0.519. The molecule has 0 bridgehead atoms. The zero-order chi connectivity index (χ0) is 25.8. The number of sulfonamides is 1. The molecule has 0 atom stereocenters. The smallest absolute Gasteiger partial charge is 0.236 e. The number of anilines is 2. The average Bonchev–Trinajstić information content (AvgIpc) is 2.77. The fourth-order valence-corrected chi connectivity index (χ4v) is 6.03. The Morgan fingerprint density at radius 3 is 2.31 bits per heavy atom. The van der Waals surface area contributed by atoms with Crippen LogP contribution in [-0.4, -0.2) is 33.7 Å². The molecule has 0 heterocycles. The second-order valence-electron chi connectivity index (χ2n) is 10.6. The fourth-order valence-electron chi connectivity index (χ4n) is 5.03. The normalized spacial score (nSPS) is 18.2. The Balaban J connectivity index is 0.00000456. The number of halogens is 1. The maximum absolute atomic E-state index is 13.1.